The second-order valence-electron chi connectivity index (χ2n) is 6.76. The number of hydrogen-bond donors (Lipinski definition) is 0. The van der Waals surface area contributed by atoms with Crippen molar-refractivity contribution in [2.75, 3.05) is 0 Å². The molecule has 4 nitrogen and oxygen atoms in total. The summed E-state index contributed by atoms with van der Waals surface area (Å²) in [5.41, 5.74) is 3.81. The molecule has 0 amide bonds. The summed E-state index contributed by atoms with van der Waals surface area (Å²) in [6.07, 6.45) is 1.68. The van der Waals surface area contributed by atoms with Crippen LogP contribution in [0, 0.1) is 10.5 Å². The van der Waals surface area contributed by atoms with Gasteiger partial charge >= 0.3 is 5.97 Å². The Bertz CT molecular complexity index is 1190. The number of aryl methyl sites for hydroxylation is 1. The van der Waals surface area contributed by atoms with Crippen molar-refractivity contribution in [1.82, 2.24) is 0 Å². The van der Waals surface area contributed by atoms with E-state index in [4.69, 9.17) is 21.1 Å². The van der Waals surface area contributed by atoms with Gasteiger partial charge in [-0.15, -0.1) is 0 Å². The molecular weight excluding hydrogens is 513 g/mol. The summed E-state index contributed by atoms with van der Waals surface area (Å²) in [4.78, 5) is 16.8. The highest BCUT2D eigenvalue weighted by Crippen LogP contribution is 2.26. The summed E-state index contributed by atoms with van der Waals surface area (Å²) >= 11 is 8.30. The molecular formula is C24H17ClINO3. The van der Waals surface area contributed by atoms with E-state index >= 15 is 0 Å². The van der Waals surface area contributed by atoms with Gasteiger partial charge in [0.05, 0.1) is 0 Å². The van der Waals surface area contributed by atoms with Crippen LogP contribution in [0.25, 0.3) is 6.08 Å². The molecule has 1 heterocycles. The van der Waals surface area contributed by atoms with E-state index in [1.54, 1.807) is 6.08 Å². The third-order valence-corrected chi connectivity index (χ3v) is 5.97. The van der Waals surface area contributed by atoms with Crippen LogP contribution in [0.2, 0.25) is 5.02 Å². The van der Waals surface area contributed by atoms with E-state index in [0.29, 0.717) is 23.3 Å². The molecule has 3 aromatic rings. The zero-order chi connectivity index (χ0) is 21.1. The first-order valence-corrected chi connectivity index (χ1v) is 10.7. The van der Waals surface area contributed by atoms with E-state index in [0.717, 1.165) is 25.8 Å². The van der Waals surface area contributed by atoms with Gasteiger partial charge in [-0.25, -0.2) is 9.79 Å². The van der Waals surface area contributed by atoms with Crippen molar-refractivity contribution < 1.29 is 14.3 Å². The minimum atomic E-state index is -0.481. The highest BCUT2D eigenvalue weighted by molar-refractivity contribution is 14.1. The van der Waals surface area contributed by atoms with Crippen molar-refractivity contribution in [3.8, 4) is 5.75 Å². The highest BCUT2D eigenvalue weighted by atomic mass is 127. The molecule has 150 valence electrons. The molecule has 30 heavy (non-hydrogen) atoms. The summed E-state index contributed by atoms with van der Waals surface area (Å²) in [6.45, 7) is 2.37. The molecule has 0 unspecified atom stereocenters. The van der Waals surface area contributed by atoms with Gasteiger partial charge < -0.3 is 9.47 Å². The zero-order valence-corrected chi connectivity index (χ0v) is 19.0. The molecule has 0 N–H and O–H groups in total. The molecule has 0 atom stereocenters. The standard InChI is InChI=1S/C24H17ClINO3/c1-15-11-18(9-10-20(15)26)23-27-21(24(28)30-23)13-17-6-2-3-8-22(17)29-14-16-5-4-7-19(25)12-16/h2-13H,14H2,1H3/b21-13-. The molecule has 1 aliphatic rings. The van der Waals surface area contributed by atoms with E-state index < -0.39 is 5.97 Å². The lowest BCUT2D eigenvalue weighted by Gasteiger charge is -2.09. The van der Waals surface area contributed by atoms with Crippen molar-refractivity contribution in [2.24, 2.45) is 4.99 Å². The molecule has 0 spiro atoms. The summed E-state index contributed by atoms with van der Waals surface area (Å²) in [5, 5.41) is 0.660. The number of ether oxygens (including phenoxy) is 2. The van der Waals surface area contributed by atoms with Crippen LogP contribution in [0.4, 0.5) is 0 Å². The Labute approximate surface area is 193 Å². The minimum Gasteiger partial charge on any atom is -0.488 e. The smallest absolute Gasteiger partial charge is 0.363 e. The van der Waals surface area contributed by atoms with Gasteiger partial charge in [-0.2, -0.15) is 0 Å². The molecule has 4 rings (SSSR count). The Hall–Kier alpha value is -2.64. The molecule has 0 aromatic heterocycles. The lowest BCUT2D eigenvalue weighted by Crippen LogP contribution is -2.05. The number of rotatable bonds is 5. The molecule has 0 aliphatic carbocycles. The molecule has 1 aliphatic heterocycles. The Morgan fingerprint density at radius 3 is 2.73 bits per heavy atom. The second kappa shape index (κ2) is 9.02. The molecule has 6 heteroatoms. The minimum absolute atomic E-state index is 0.236. The van der Waals surface area contributed by atoms with Crippen LogP contribution in [0.15, 0.2) is 77.4 Å². The Balaban J connectivity index is 1.59. The SMILES string of the molecule is Cc1cc(C2=N/C(=C\c3ccccc3OCc3cccc(Cl)c3)C(=O)O2)ccc1I. The predicted octanol–water partition coefficient (Wildman–Crippen LogP) is 6.18. The lowest BCUT2D eigenvalue weighted by atomic mass is 10.1. The molecule has 0 bridgehead atoms. The number of para-hydroxylation sites is 1. The first-order valence-electron chi connectivity index (χ1n) is 9.25. The Kier molecular flexibility index (Phi) is 6.20. The average Bonchev–Trinajstić information content (AvgIpc) is 3.10. The number of nitrogens with zero attached hydrogens (tertiary/aromatic N) is 1. The first kappa shape index (κ1) is 20.6. The van der Waals surface area contributed by atoms with Gasteiger partial charge in [-0.1, -0.05) is 41.9 Å². The topological polar surface area (TPSA) is 47.9 Å². The van der Waals surface area contributed by atoms with Gasteiger partial charge in [-0.3, -0.25) is 0 Å². The van der Waals surface area contributed by atoms with Gasteiger partial charge in [0.15, 0.2) is 5.70 Å². The number of aliphatic imine (C=N–C) groups is 1. The van der Waals surface area contributed by atoms with Crippen molar-refractivity contribution >= 4 is 52.1 Å². The van der Waals surface area contributed by atoms with Crippen molar-refractivity contribution in [2.45, 2.75) is 13.5 Å². The van der Waals surface area contributed by atoms with Crippen molar-refractivity contribution in [3.05, 3.63) is 103 Å². The molecule has 0 saturated heterocycles. The van der Waals surface area contributed by atoms with Crippen LogP contribution in [-0.2, 0) is 16.1 Å². The lowest BCUT2D eigenvalue weighted by molar-refractivity contribution is -0.129. The van der Waals surface area contributed by atoms with Crippen LogP contribution in [-0.4, -0.2) is 11.9 Å². The van der Waals surface area contributed by atoms with Gasteiger partial charge in [0.1, 0.15) is 12.4 Å². The summed E-state index contributed by atoms with van der Waals surface area (Å²) < 4.78 is 12.5. The van der Waals surface area contributed by atoms with E-state index in [1.807, 2.05) is 73.7 Å². The molecule has 0 fully saturated rings. The Morgan fingerprint density at radius 1 is 1.10 bits per heavy atom. The third-order valence-electron chi connectivity index (χ3n) is 4.52. The van der Waals surface area contributed by atoms with Crippen molar-refractivity contribution in [3.63, 3.8) is 0 Å². The number of carbonyl (C=O) groups is 1. The summed E-state index contributed by atoms with van der Waals surface area (Å²) in [5.74, 6) is 0.473. The molecule has 3 aromatic carbocycles. The normalized spacial score (nSPS) is 14.6. The van der Waals surface area contributed by atoms with Crippen LogP contribution >= 0.6 is 34.2 Å². The maximum Gasteiger partial charge on any atom is 0.363 e. The maximum absolute atomic E-state index is 12.4. The molecule has 0 radical (unpaired) electrons. The van der Waals surface area contributed by atoms with Crippen molar-refractivity contribution in [1.29, 1.82) is 0 Å². The molecule has 0 saturated carbocycles. The number of cyclic esters (lactones) is 1. The van der Waals surface area contributed by atoms with E-state index in [2.05, 4.69) is 27.6 Å². The Morgan fingerprint density at radius 2 is 1.93 bits per heavy atom. The van der Waals surface area contributed by atoms with E-state index in [-0.39, 0.29) is 5.70 Å². The van der Waals surface area contributed by atoms with Crippen LogP contribution in [0.5, 0.6) is 5.75 Å². The van der Waals surface area contributed by atoms with E-state index in [1.165, 1.54) is 0 Å². The van der Waals surface area contributed by atoms with Gasteiger partial charge in [0.25, 0.3) is 0 Å². The average molecular weight is 530 g/mol. The zero-order valence-electron chi connectivity index (χ0n) is 16.1. The van der Waals surface area contributed by atoms with Gasteiger partial charge in [0, 0.05) is 19.7 Å². The van der Waals surface area contributed by atoms with Gasteiger partial charge in [0.2, 0.25) is 5.90 Å². The number of halogens is 2. The summed E-state index contributed by atoms with van der Waals surface area (Å²) in [7, 11) is 0. The largest absolute Gasteiger partial charge is 0.488 e. The van der Waals surface area contributed by atoms with Gasteiger partial charge in [-0.05, 0) is 83.1 Å². The van der Waals surface area contributed by atoms with Crippen LogP contribution in [0.1, 0.15) is 22.3 Å². The fraction of sp³-hybridized carbons (Fsp3) is 0.0833. The fourth-order valence-electron chi connectivity index (χ4n) is 2.98. The number of hydrogen-bond acceptors (Lipinski definition) is 4. The maximum atomic E-state index is 12.4. The number of benzene rings is 3. The van der Waals surface area contributed by atoms with Crippen LogP contribution < -0.4 is 4.74 Å². The monoisotopic (exact) mass is 529 g/mol. The fourth-order valence-corrected chi connectivity index (χ4v) is 3.53. The quantitative estimate of drug-likeness (QED) is 0.225. The number of esters is 1. The summed E-state index contributed by atoms with van der Waals surface area (Å²) in [6, 6.07) is 20.8. The van der Waals surface area contributed by atoms with Crippen LogP contribution in [0.3, 0.4) is 0 Å². The third kappa shape index (κ3) is 4.74. The number of carbonyl (C=O) groups excluding carboxylic acids is 1. The van der Waals surface area contributed by atoms with E-state index in [9.17, 15) is 4.79 Å². The predicted molar refractivity (Wildman–Crippen MR) is 127 cm³/mol. The first-order chi connectivity index (χ1) is 14.5. The second-order valence-corrected chi connectivity index (χ2v) is 8.36. The highest BCUT2D eigenvalue weighted by Gasteiger charge is 2.24.